The predicted molar refractivity (Wildman–Crippen MR) is 37.2 cm³/mol. The van der Waals surface area contributed by atoms with Crippen molar-refractivity contribution in [3.63, 3.8) is 0 Å². The Morgan fingerprint density at radius 1 is 1.33 bits per heavy atom. The lowest BCUT2D eigenvalue weighted by atomic mass is 9.90. The third kappa shape index (κ3) is 1.59. The molecule has 0 heterocycles. The number of rotatable bonds is 0. The van der Waals surface area contributed by atoms with Crippen molar-refractivity contribution in [3.05, 3.63) is 0 Å². The molecule has 1 saturated carbocycles. The van der Waals surface area contributed by atoms with E-state index in [1.54, 1.807) is 0 Å². The van der Waals surface area contributed by atoms with E-state index in [9.17, 15) is 0 Å². The summed E-state index contributed by atoms with van der Waals surface area (Å²) in [7, 11) is 0. The third-order valence-electron chi connectivity index (χ3n) is 1.85. The van der Waals surface area contributed by atoms with Gasteiger partial charge in [0, 0.05) is 5.38 Å². The second-order valence-electron chi connectivity index (χ2n) is 2.54. The Morgan fingerprint density at radius 2 is 2.00 bits per heavy atom. The first-order valence-corrected chi connectivity index (χ1v) is 3.82. The maximum atomic E-state index is 8.53. The van der Waals surface area contributed by atoms with Gasteiger partial charge >= 0.3 is 0 Å². The summed E-state index contributed by atoms with van der Waals surface area (Å²) in [4.78, 5) is 0. The molecule has 0 radical (unpaired) electrons. The van der Waals surface area contributed by atoms with E-state index in [-0.39, 0.29) is 11.3 Å². The average molecular weight is 144 g/mol. The van der Waals surface area contributed by atoms with Gasteiger partial charge < -0.3 is 0 Å². The van der Waals surface area contributed by atoms with Crippen LogP contribution in [0.5, 0.6) is 0 Å². The van der Waals surface area contributed by atoms with Crippen LogP contribution < -0.4 is 0 Å². The highest BCUT2D eigenvalue weighted by Crippen LogP contribution is 2.27. The van der Waals surface area contributed by atoms with Gasteiger partial charge in [-0.15, -0.1) is 11.6 Å². The Kier molecular flexibility index (Phi) is 2.36. The van der Waals surface area contributed by atoms with E-state index >= 15 is 0 Å². The zero-order chi connectivity index (χ0) is 6.69. The number of hydrogen-bond donors (Lipinski definition) is 0. The number of nitrogens with zero attached hydrogens (tertiary/aromatic N) is 1. The normalized spacial score (nSPS) is 35.6. The van der Waals surface area contributed by atoms with E-state index < -0.39 is 0 Å². The number of halogens is 1. The van der Waals surface area contributed by atoms with Crippen LogP contribution in [0.2, 0.25) is 0 Å². The van der Waals surface area contributed by atoms with Crippen molar-refractivity contribution in [2.24, 2.45) is 5.92 Å². The van der Waals surface area contributed by atoms with Crippen LogP contribution in [-0.2, 0) is 0 Å². The molecule has 1 aliphatic carbocycles. The summed E-state index contributed by atoms with van der Waals surface area (Å²) in [6.45, 7) is 0. The molecule has 0 amide bonds. The topological polar surface area (TPSA) is 23.8 Å². The van der Waals surface area contributed by atoms with Crippen LogP contribution in [0.3, 0.4) is 0 Å². The van der Waals surface area contributed by atoms with Crippen molar-refractivity contribution in [3.8, 4) is 6.07 Å². The van der Waals surface area contributed by atoms with Crippen molar-refractivity contribution < 1.29 is 0 Å². The minimum atomic E-state index is 0.125. The SMILES string of the molecule is N#C[C@H]1CCCC[C@H]1Cl. The van der Waals surface area contributed by atoms with Crippen LogP contribution in [0.1, 0.15) is 25.7 Å². The molecule has 50 valence electrons. The first-order chi connectivity index (χ1) is 4.34. The van der Waals surface area contributed by atoms with E-state index in [4.69, 9.17) is 16.9 Å². The minimum Gasteiger partial charge on any atom is -0.198 e. The summed E-state index contributed by atoms with van der Waals surface area (Å²) < 4.78 is 0. The first kappa shape index (κ1) is 6.89. The summed E-state index contributed by atoms with van der Waals surface area (Å²) >= 11 is 5.86. The first-order valence-electron chi connectivity index (χ1n) is 3.38. The van der Waals surface area contributed by atoms with Gasteiger partial charge in [0.2, 0.25) is 0 Å². The quantitative estimate of drug-likeness (QED) is 0.478. The zero-order valence-corrected chi connectivity index (χ0v) is 6.06. The lowest BCUT2D eigenvalue weighted by Gasteiger charge is -2.20. The molecule has 1 nitrogen and oxygen atoms in total. The van der Waals surface area contributed by atoms with Crippen LogP contribution in [0, 0.1) is 17.2 Å². The Labute approximate surface area is 60.6 Å². The number of hydrogen-bond acceptors (Lipinski definition) is 1. The summed E-state index contributed by atoms with van der Waals surface area (Å²) in [5, 5.41) is 8.66. The standard InChI is InChI=1S/C7H10ClN/c8-7-4-2-1-3-6(7)5-9/h6-7H,1-4H2/t6-,7-/m1/s1. The largest absolute Gasteiger partial charge is 0.198 e. The second kappa shape index (κ2) is 3.08. The fraction of sp³-hybridized carbons (Fsp3) is 0.857. The fourth-order valence-electron chi connectivity index (χ4n) is 1.23. The van der Waals surface area contributed by atoms with Gasteiger partial charge in [-0.2, -0.15) is 5.26 Å². The predicted octanol–water partition coefficient (Wildman–Crippen LogP) is 2.31. The van der Waals surface area contributed by atoms with Crippen molar-refractivity contribution in [2.75, 3.05) is 0 Å². The van der Waals surface area contributed by atoms with Crippen LogP contribution in [0.25, 0.3) is 0 Å². The highest BCUT2D eigenvalue weighted by molar-refractivity contribution is 6.21. The average Bonchev–Trinajstić information content (AvgIpc) is 1.89. The summed E-state index contributed by atoms with van der Waals surface area (Å²) in [6.07, 6.45) is 4.41. The molecule has 0 unspecified atom stereocenters. The molecule has 2 atom stereocenters. The van der Waals surface area contributed by atoms with Gasteiger partial charge in [0.15, 0.2) is 0 Å². The molecule has 1 fully saturated rings. The highest BCUT2D eigenvalue weighted by Gasteiger charge is 2.21. The van der Waals surface area contributed by atoms with Gasteiger partial charge in [-0.1, -0.05) is 12.8 Å². The molecule has 0 saturated heterocycles. The summed E-state index contributed by atoms with van der Waals surface area (Å²) in [5.41, 5.74) is 0. The van der Waals surface area contributed by atoms with Gasteiger partial charge in [-0.05, 0) is 12.8 Å². The van der Waals surface area contributed by atoms with Crippen molar-refractivity contribution in [2.45, 2.75) is 31.1 Å². The van der Waals surface area contributed by atoms with Crippen molar-refractivity contribution in [1.82, 2.24) is 0 Å². The Balaban J connectivity index is 2.41. The van der Waals surface area contributed by atoms with Crippen LogP contribution in [0.4, 0.5) is 0 Å². The molecule has 9 heavy (non-hydrogen) atoms. The molecule has 0 aromatic carbocycles. The third-order valence-corrected chi connectivity index (χ3v) is 2.37. The Hall–Kier alpha value is -0.220. The van der Waals surface area contributed by atoms with E-state index in [0.29, 0.717) is 0 Å². The zero-order valence-electron chi connectivity index (χ0n) is 5.31. The van der Waals surface area contributed by atoms with Gasteiger partial charge in [-0.3, -0.25) is 0 Å². The maximum absolute atomic E-state index is 8.53. The van der Waals surface area contributed by atoms with Crippen molar-refractivity contribution >= 4 is 11.6 Å². The van der Waals surface area contributed by atoms with E-state index in [1.165, 1.54) is 12.8 Å². The highest BCUT2D eigenvalue weighted by atomic mass is 35.5. The lowest BCUT2D eigenvalue weighted by molar-refractivity contribution is 0.434. The van der Waals surface area contributed by atoms with Gasteiger partial charge in [0.25, 0.3) is 0 Å². The molecule has 0 aromatic rings. The molecule has 2 heteroatoms. The van der Waals surface area contributed by atoms with Gasteiger partial charge in [-0.25, -0.2) is 0 Å². The summed E-state index contributed by atoms with van der Waals surface area (Å²) in [6, 6.07) is 2.22. The molecule has 0 aliphatic heterocycles. The fourth-order valence-corrected chi connectivity index (χ4v) is 1.57. The van der Waals surface area contributed by atoms with Crippen molar-refractivity contribution in [1.29, 1.82) is 5.26 Å². The number of nitriles is 1. The molecule has 0 aromatic heterocycles. The Bertz CT molecular complexity index is 127. The van der Waals surface area contributed by atoms with E-state index in [1.807, 2.05) is 0 Å². The molecular weight excluding hydrogens is 134 g/mol. The lowest BCUT2D eigenvalue weighted by Crippen LogP contribution is -2.17. The van der Waals surface area contributed by atoms with Crippen LogP contribution in [-0.4, -0.2) is 5.38 Å². The molecule has 1 rings (SSSR count). The second-order valence-corrected chi connectivity index (χ2v) is 3.10. The van der Waals surface area contributed by atoms with E-state index in [2.05, 4.69) is 6.07 Å². The monoisotopic (exact) mass is 143 g/mol. The smallest absolute Gasteiger partial charge is 0.0671 e. The molecule has 0 bridgehead atoms. The maximum Gasteiger partial charge on any atom is 0.0671 e. The molecule has 0 spiro atoms. The van der Waals surface area contributed by atoms with Crippen LogP contribution in [0.15, 0.2) is 0 Å². The van der Waals surface area contributed by atoms with Gasteiger partial charge in [0.05, 0.1) is 12.0 Å². The van der Waals surface area contributed by atoms with Gasteiger partial charge in [0.1, 0.15) is 0 Å². The van der Waals surface area contributed by atoms with Crippen LogP contribution >= 0.6 is 11.6 Å². The summed E-state index contributed by atoms with van der Waals surface area (Å²) in [5.74, 6) is 0.125. The van der Waals surface area contributed by atoms with E-state index in [0.717, 1.165) is 12.8 Å². The Morgan fingerprint density at radius 3 is 2.44 bits per heavy atom. The number of alkyl halides is 1. The minimum absolute atomic E-state index is 0.125. The molecule has 1 aliphatic rings. The molecular formula is C7H10ClN. The molecule has 0 N–H and O–H groups in total.